The zero-order valence-electron chi connectivity index (χ0n) is 6.54. The van der Waals surface area contributed by atoms with E-state index in [1.807, 2.05) is 0 Å². The minimum absolute atomic E-state index is 0.106. The van der Waals surface area contributed by atoms with E-state index in [0.717, 1.165) is 0 Å². The van der Waals surface area contributed by atoms with E-state index < -0.39 is 0 Å². The first-order valence-electron chi connectivity index (χ1n) is 3.32. The van der Waals surface area contributed by atoms with Crippen LogP contribution >= 0.6 is 15.9 Å². The summed E-state index contributed by atoms with van der Waals surface area (Å²) in [6, 6.07) is 0. The fourth-order valence-electron chi connectivity index (χ4n) is 0.719. The van der Waals surface area contributed by atoms with Crippen molar-refractivity contribution in [2.24, 2.45) is 0 Å². The molecule has 0 aliphatic carbocycles. The molecule has 0 radical (unpaired) electrons. The van der Waals surface area contributed by atoms with Crippen molar-refractivity contribution >= 4 is 27.7 Å². The number of carbonyl (C=O) groups is 1. The topological polar surface area (TPSA) is 72.9 Å². The average Bonchev–Trinajstić information content (AvgIpc) is 2.31. The molecule has 0 atom stereocenters. The number of likely N-dealkylation sites (N-methyl/N-ethyl adjacent to an activating group) is 1. The molecule has 0 fully saturated rings. The van der Waals surface area contributed by atoms with E-state index in [2.05, 4.69) is 26.3 Å². The fourth-order valence-corrected chi connectivity index (χ4v) is 1.03. The van der Waals surface area contributed by atoms with Crippen molar-refractivity contribution < 1.29 is 4.79 Å². The van der Waals surface area contributed by atoms with Crippen molar-refractivity contribution in [2.45, 2.75) is 6.54 Å². The van der Waals surface area contributed by atoms with Crippen molar-refractivity contribution in [3.05, 3.63) is 10.7 Å². The van der Waals surface area contributed by atoms with E-state index >= 15 is 0 Å². The Kier molecular flexibility index (Phi) is 2.69. The second-order valence-corrected chi connectivity index (χ2v) is 3.09. The van der Waals surface area contributed by atoms with Gasteiger partial charge in [-0.2, -0.15) is 5.10 Å². The molecule has 0 unspecified atom stereocenters. The number of hydrogen-bond donors (Lipinski definition) is 2. The lowest BCUT2D eigenvalue weighted by Gasteiger charge is -1.97. The normalized spacial score (nSPS) is 9.83. The monoisotopic (exact) mass is 232 g/mol. The van der Waals surface area contributed by atoms with Gasteiger partial charge in [0.1, 0.15) is 6.54 Å². The quantitative estimate of drug-likeness (QED) is 0.753. The Morgan fingerprint density at radius 3 is 3.00 bits per heavy atom. The van der Waals surface area contributed by atoms with Crippen molar-refractivity contribution in [1.82, 2.24) is 15.1 Å². The Labute approximate surface area is 78.1 Å². The highest BCUT2D eigenvalue weighted by Gasteiger charge is 2.04. The van der Waals surface area contributed by atoms with Crippen molar-refractivity contribution in [3.8, 4) is 0 Å². The van der Waals surface area contributed by atoms with Gasteiger partial charge in [0.05, 0.1) is 4.47 Å². The van der Waals surface area contributed by atoms with E-state index in [1.54, 1.807) is 13.2 Å². The molecule has 5 nitrogen and oxygen atoms in total. The largest absolute Gasteiger partial charge is 0.381 e. The molecule has 0 aromatic carbocycles. The summed E-state index contributed by atoms with van der Waals surface area (Å²) in [6.45, 7) is 0.187. The van der Waals surface area contributed by atoms with Gasteiger partial charge in [-0.1, -0.05) is 0 Å². The number of nitrogens with zero attached hydrogens (tertiary/aromatic N) is 2. The maximum absolute atomic E-state index is 10.9. The Balaban J connectivity index is 2.70. The number of halogens is 1. The molecule has 0 spiro atoms. The first kappa shape index (κ1) is 9.05. The lowest BCUT2D eigenvalue weighted by Crippen LogP contribution is -2.23. The van der Waals surface area contributed by atoms with Gasteiger partial charge < -0.3 is 11.1 Å². The third-order valence-corrected chi connectivity index (χ3v) is 1.94. The van der Waals surface area contributed by atoms with E-state index in [1.165, 1.54) is 4.68 Å². The predicted octanol–water partition coefficient (Wildman–Crippen LogP) is -0.0262. The van der Waals surface area contributed by atoms with Gasteiger partial charge in [-0.15, -0.1) is 0 Å². The van der Waals surface area contributed by atoms with E-state index in [9.17, 15) is 4.79 Å². The minimum Gasteiger partial charge on any atom is -0.381 e. The zero-order valence-corrected chi connectivity index (χ0v) is 8.13. The molecule has 3 N–H and O–H groups in total. The lowest BCUT2D eigenvalue weighted by atomic mass is 10.6. The summed E-state index contributed by atoms with van der Waals surface area (Å²) in [6.07, 6.45) is 1.66. The summed E-state index contributed by atoms with van der Waals surface area (Å²) in [7, 11) is 1.57. The number of amides is 1. The Bertz CT molecular complexity index is 276. The van der Waals surface area contributed by atoms with Crippen LogP contribution in [0.25, 0.3) is 0 Å². The van der Waals surface area contributed by atoms with Gasteiger partial charge in [-0.05, 0) is 15.9 Å². The van der Waals surface area contributed by atoms with Crippen LogP contribution in [0.5, 0.6) is 0 Å². The molecular weight excluding hydrogens is 224 g/mol. The summed E-state index contributed by atoms with van der Waals surface area (Å²) in [5.74, 6) is 0.281. The molecule has 1 aromatic rings. The smallest absolute Gasteiger partial charge is 0.241 e. The second kappa shape index (κ2) is 3.57. The van der Waals surface area contributed by atoms with Crippen LogP contribution in [0.1, 0.15) is 0 Å². The Morgan fingerprint density at radius 2 is 2.58 bits per heavy atom. The highest BCUT2D eigenvalue weighted by atomic mass is 79.9. The Hall–Kier alpha value is -1.04. The molecule has 1 heterocycles. The number of aromatic nitrogens is 2. The highest BCUT2D eigenvalue weighted by molar-refractivity contribution is 9.10. The molecule has 66 valence electrons. The van der Waals surface area contributed by atoms with Gasteiger partial charge in [0.2, 0.25) is 5.91 Å². The molecule has 0 aliphatic heterocycles. The SMILES string of the molecule is CNC(=O)Cn1cc(Br)c(N)n1. The molecule has 0 bridgehead atoms. The summed E-state index contributed by atoms with van der Waals surface area (Å²) < 4.78 is 2.17. The van der Waals surface area contributed by atoms with Crippen LogP contribution in [0.4, 0.5) is 5.82 Å². The van der Waals surface area contributed by atoms with Crippen molar-refractivity contribution in [1.29, 1.82) is 0 Å². The summed E-state index contributed by atoms with van der Waals surface area (Å²) in [5.41, 5.74) is 5.45. The van der Waals surface area contributed by atoms with Crippen LogP contribution in [0, 0.1) is 0 Å². The number of anilines is 1. The predicted molar refractivity (Wildman–Crippen MR) is 48.4 cm³/mol. The maximum atomic E-state index is 10.9. The molecule has 0 saturated heterocycles. The summed E-state index contributed by atoms with van der Waals surface area (Å²) in [5, 5.41) is 6.37. The zero-order chi connectivity index (χ0) is 9.14. The highest BCUT2D eigenvalue weighted by Crippen LogP contribution is 2.15. The third-order valence-electron chi connectivity index (χ3n) is 1.33. The maximum Gasteiger partial charge on any atom is 0.241 e. The molecule has 0 aliphatic rings. The number of nitrogens with one attached hydrogen (secondary N) is 1. The first-order valence-corrected chi connectivity index (χ1v) is 4.12. The molecule has 1 aromatic heterocycles. The van der Waals surface area contributed by atoms with Crippen LogP contribution in [-0.2, 0) is 11.3 Å². The van der Waals surface area contributed by atoms with Gasteiger partial charge in [-0.3, -0.25) is 9.48 Å². The van der Waals surface area contributed by atoms with Gasteiger partial charge in [0.15, 0.2) is 5.82 Å². The molecular formula is C6H9BrN4O. The van der Waals surface area contributed by atoms with Gasteiger partial charge in [0, 0.05) is 13.2 Å². The van der Waals surface area contributed by atoms with Crippen molar-refractivity contribution in [2.75, 3.05) is 12.8 Å². The van der Waals surface area contributed by atoms with Gasteiger partial charge in [-0.25, -0.2) is 0 Å². The number of carbonyl (C=O) groups excluding carboxylic acids is 1. The summed E-state index contributed by atoms with van der Waals surface area (Å²) in [4.78, 5) is 10.9. The van der Waals surface area contributed by atoms with Crippen LogP contribution in [-0.4, -0.2) is 22.7 Å². The van der Waals surface area contributed by atoms with Gasteiger partial charge in [0.25, 0.3) is 0 Å². The molecule has 1 rings (SSSR count). The molecule has 6 heteroatoms. The number of hydrogen-bond acceptors (Lipinski definition) is 3. The average molecular weight is 233 g/mol. The molecule has 0 saturated carbocycles. The molecule has 1 amide bonds. The van der Waals surface area contributed by atoms with E-state index in [4.69, 9.17) is 5.73 Å². The number of nitrogens with two attached hydrogens (primary N) is 1. The van der Waals surface area contributed by atoms with Gasteiger partial charge >= 0.3 is 0 Å². The fraction of sp³-hybridized carbons (Fsp3) is 0.333. The van der Waals surface area contributed by atoms with Crippen LogP contribution in [0.3, 0.4) is 0 Å². The summed E-state index contributed by atoms with van der Waals surface area (Å²) >= 11 is 3.19. The lowest BCUT2D eigenvalue weighted by molar-refractivity contribution is -0.121. The molecule has 12 heavy (non-hydrogen) atoms. The first-order chi connectivity index (χ1) is 5.63. The van der Waals surface area contributed by atoms with Crippen LogP contribution < -0.4 is 11.1 Å². The number of rotatable bonds is 2. The van der Waals surface area contributed by atoms with Crippen LogP contribution in [0.15, 0.2) is 10.7 Å². The van der Waals surface area contributed by atoms with Crippen LogP contribution in [0.2, 0.25) is 0 Å². The minimum atomic E-state index is -0.106. The number of nitrogen functional groups attached to an aromatic ring is 1. The van der Waals surface area contributed by atoms with E-state index in [-0.39, 0.29) is 12.5 Å². The standard InChI is InChI=1S/C6H9BrN4O/c1-9-5(12)3-11-2-4(7)6(8)10-11/h2H,3H2,1H3,(H2,8,10)(H,9,12). The van der Waals surface area contributed by atoms with Crippen molar-refractivity contribution in [3.63, 3.8) is 0 Å². The third kappa shape index (κ3) is 1.97. The van der Waals surface area contributed by atoms with E-state index in [0.29, 0.717) is 10.3 Å². The Morgan fingerprint density at radius 1 is 1.92 bits per heavy atom. The second-order valence-electron chi connectivity index (χ2n) is 2.23.